The molecule has 0 unspecified atom stereocenters. The first-order chi connectivity index (χ1) is 9.51. The zero-order valence-electron chi connectivity index (χ0n) is 11.4. The lowest BCUT2D eigenvalue weighted by Gasteiger charge is -2.09. The van der Waals surface area contributed by atoms with Crippen molar-refractivity contribution in [3.8, 4) is 0 Å². The molecule has 0 bridgehead atoms. The molecule has 0 spiro atoms. The third-order valence-corrected chi connectivity index (χ3v) is 2.49. The number of carbonyl (C=O) groups excluding carboxylic acids is 2. The standard InChI is InChI=1S/C13H17NO6/c1-3-19-12(17)9-5-7-14(8-6-10(15)16)11(9)13(18)20-4-2/h5,7H,3-4,6,8H2,1-2H3,(H,15,16). The molecule has 0 aliphatic rings. The Hall–Kier alpha value is -2.31. The molecule has 0 saturated carbocycles. The van der Waals surface area contributed by atoms with Gasteiger partial charge < -0.3 is 19.1 Å². The third-order valence-electron chi connectivity index (χ3n) is 2.49. The molecule has 1 aromatic rings. The van der Waals surface area contributed by atoms with E-state index in [1.807, 2.05) is 0 Å². The summed E-state index contributed by atoms with van der Waals surface area (Å²) in [5.41, 5.74) is 0.0993. The Morgan fingerprint density at radius 3 is 2.30 bits per heavy atom. The molecule has 110 valence electrons. The fourth-order valence-corrected chi connectivity index (χ4v) is 1.68. The van der Waals surface area contributed by atoms with E-state index in [0.717, 1.165) is 0 Å². The van der Waals surface area contributed by atoms with Crippen molar-refractivity contribution in [2.45, 2.75) is 26.8 Å². The van der Waals surface area contributed by atoms with Crippen LogP contribution in [0, 0.1) is 0 Å². The number of aromatic nitrogens is 1. The predicted octanol–water partition coefficient (Wildman–Crippen LogP) is 1.32. The number of esters is 2. The first-order valence-electron chi connectivity index (χ1n) is 6.26. The van der Waals surface area contributed by atoms with Crippen LogP contribution in [0.5, 0.6) is 0 Å². The number of carboxylic acids is 1. The highest BCUT2D eigenvalue weighted by atomic mass is 16.5. The number of hydrogen-bond acceptors (Lipinski definition) is 5. The molecule has 0 saturated heterocycles. The van der Waals surface area contributed by atoms with Gasteiger partial charge in [0.25, 0.3) is 0 Å². The quantitative estimate of drug-likeness (QED) is 0.758. The van der Waals surface area contributed by atoms with Crippen molar-refractivity contribution in [3.63, 3.8) is 0 Å². The Labute approximate surface area is 116 Å². The Kier molecular flexibility index (Phi) is 5.76. The Bertz CT molecular complexity index is 505. The van der Waals surface area contributed by atoms with Gasteiger partial charge in [0.1, 0.15) is 5.69 Å². The lowest BCUT2D eigenvalue weighted by Crippen LogP contribution is -2.18. The summed E-state index contributed by atoms with van der Waals surface area (Å²) >= 11 is 0. The number of hydrogen-bond donors (Lipinski definition) is 1. The maximum absolute atomic E-state index is 11.9. The van der Waals surface area contributed by atoms with Crippen LogP contribution >= 0.6 is 0 Å². The van der Waals surface area contributed by atoms with Crippen LogP contribution in [0.1, 0.15) is 41.1 Å². The van der Waals surface area contributed by atoms with Gasteiger partial charge in [0, 0.05) is 12.7 Å². The number of carboxylic acid groups (broad SMARTS) is 1. The summed E-state index contributed by atoms with van der Waals surface area (Å²) in [7, 11) is 0. The number of carbonyl (C=O) groups is 3. The molecular weight excluding hydrogens is 266 g/mol. The smallest absolute Gasteiger partial charge is 0.355 e. The van der Waals surface area contributed by atoms with Crippen LogP contribution in [0.3, 0.4) is 0 Å². The Morgan fingerprint density at radius 1 is 1.15 bits per heavy atom. The summed E-state index contributed by atoms with van der Waals surface area (Å²) in [5, 5.41) is 8.69. The maximum atomic E-state index is 11.9. The zero-order chi connectivity index (χ0) is 15.1. The summed E-state index contributed by atoms with van der Waals surface area (Å²) in [4.78, 5) is 34.3. The molecule has 7 heteroatoms. The second-order valence-corrected chi connectivity index (χ2v) is 3.86. The average Bonchev–Trinajstić information content (AvgIpc) is 2.80. The molecular formula is C13H17NO6. The first kappa shape index (κ1) is 15.7. The fraction of sp³-hybridized carbons (Fsp3) is 0.462. The van der Waals surface area contributed by atoms with Crippen LogP contribution in [0.4, 0.5) is 0 Å². The van der Waals surface area contributed by atoms with E-state index >= 15 is 0 Å². The van der Waals surface area contributed by atoms with Gasteiger partial charge >= 0.3 is 17.9 Å². The highest BCUT2D eigenvalue weighted by molar-refractivity contribution is 6.02. The van der Waals surface area contributed by atoms with Gasteiger partial charge in [0.05, 0.1) is 25.2 Å². The van der Waals surface area contributed by atoms with Crippen molar-refractivity contribution in [1.29, 1.82) is 0 Å². The summed E-state index contributed by atoms with van der Waals surface area (Å²) < 4.78 is 11.1. The SMILES string of the molecule is CCOC(=O)c1ccn(CCC(=O)O)c1C(=O)OCC. The normalized spacial score (nSPS) is 10.1. The van der Waals surface area contributed by atoms with Crippen LogP contribution in [0.25, 0.3) is 0 Å². The van der Waals surface area contributed by atoms with Crippen molar-refractivity contribution in [1.82, 2.24) is 4.57 Å². The van der Waals surface area contributed by atoms with Gasteiger partial charge in [-0.15, -0.1) is 0 Å². The molecule has 0 atom stereocenters. The first-order valence-corrected chi connectivity index (χ1v) is 6.26. The van der Waals surface area contributed by atoms with E-state index in [9.17, 15) is 14.4 Å². The molecule has 7 nitrogen and oxygen atoms in total. The second-order valence-electron chi connectivity index (χ2n) is 3.86. The van der Waals surface area contributed by atoms with Crippen molar-refractivity contribution in [2.24, 2.45) is 0 Å². The van der Waals surface area contributed by atoms with E-state index in [-0.39, 0.29) is 37.4 Å². The molecule has 0 amide bonds. The Balaban J connectivity index is 3.08. The van der Waals surface area contributed by atoms with Gasteiger partial charge in [-0.1, -0.05) is 0 Å². The highest BCUT2D eigenvalue weighted by Crippen LogP contribution is 2.15. The van der Waals surface area contributed by atoms with E-state index < -0.39 is 17.9 Å². The van der Waals surface area contributed by atoms with Gasteiger partial charge in [0.2, 0.25) is 0 Å². The van der Waals surface area contributed by atoms with Crippen molar-refractivity contribution in [3.05, 3.63) is 23.5 Å². The number of aryl methyl sites for hydroxylation is 1. The molecule has 0 radical (unpaired) electrons. The molecule has 1 rings (SSSR count). The summed E-state index contributed by atoms with van der Waals surface area (Å²) in [6.45, 7) is 3.71. The number of ether oxygens (including phenoxy) is 2. The van der Waals surface area contributed by atoms with Gasteiger partial charge in [-0.05, 0) is 19.9 Å². The van der Waals surface area contributed by atoms with Crippen LogP contribution < -0.4 is 0 Å². The van der Waals surface area contributed by atoms with Crippen LogP contribution in [0.2, 0.25) is 0 Å². The summed E-state index contributed by atoms with van der Waals surface area (Å²) in [6, 6.07) is 1.42. The van der Waals surface area contributed by atoms with E-state index in [1.165, 1.54) is 16.8 Å². The van der Waals surface area contributed by atoms with Gasteiger partial charge in [0.15, 0.2) is 0 Å². The molecule has 1 N–H and O–H groups in total. The molecule has 0 aromatic carbocycles. The lowest BCUT2D eigenvalue weighted by molar-refractivity contribution is -0.137. The van der Waals surface area contributed by atoms with E-state index in [4.69, 9.17) is 14.6 Å². The lowest BCUT2D eigenvalue weighted by atomic mass is 10.2. The number of nitrogens with zero attached hydrogens (tertiary/aromatic N) is 1. The number of aliphatic carboxylic acids is 1. The monoisotopic (exact) mass is 283 g/mol. The van der Waals surface area contributed by atoms with Crippen LogP contribution in [-0.4, -0.2) is 40.8 Å². The van der Waals surface area contributed by atoms with Crippen molar-refractivity contribution >= 4 is 17.9 Å². The van der Waals surface area contributed by atoms with Gasteiger partial charge in [-0.25, -0.2) is 9.59 Å². The minimum Gasteiger partial charge on any atom is -0.481 e. The van der Waals surface area contributed by atoms with Gasteiger partial charge in [-0.3, -0.25) is 4.79 Å². The van der Waals surface area contributed by atoms with Crippen molar-refractivity contribution in [2.75, 3.05) is 13.2 Å². The maximum Gasteiger partial charge on any atom is 0.355 e. The van der Waals surface area contributed by atoms with Crippen LogP contribution in [0.15, 0.2) is 12.3 Å². The minimum atomic E-state index is -0.994. The van der Waals surface area contributed by atoms with E-state index in [1.54, 1.807) is 13.8 Å². The summed E-state index contributed by atoms with van der Waals surface area (Å²) in [6.07, 6.45) is 1.31. The molecule has 0 fully saturated rings. The average molecular weight is 283 g/mol. The predicted molar refractivity (Wildman–Crippen MR) is 68.6 cm³/mol. The third kappa shape index (κ3) is 3.84. The molecule has 0 aliphatic carbocycles. The zero-order valence-corrected chi connectivity index (χ0v) is 11.4. The van der Waals surface area contributed by atoms with E-state index in [0.29, 0.717) is 0 Å². The van der Waals surface area contributed by atoms with E-state index in [2.05, 4.69) is 0 Å². The van der Waals surface area contributed by atoms with Gasteiger partial charge in [-0.2, -0.15) is 0 Å². The summed E-state index contributed by atoms with van der Waals surface area (Å²) in [5.74, 6) is -2.30. The van der Waals surface area contributed by atoms with Crippen molar-refractivity contribution < 1.29 is 29.0 Å². The largest absolute Gasteiger partial charge is 0.481 e. The molecule has 1 aromatic heterocycles. The molecule has 0 aliphatic heterocycles. The van der Waals surface area contributed by atoms with Crippen LogP contribution in [-0.2, 0) is 20.8 Å². The number of rotatable bonds is 7. The molecule has 1 heterocycles. The highest BCUT2D eigenvalue weighted by Gasteiger charge is 2.24. The Morgan fingerprint density at radius 2 is 1.75 bits per heavy atom. The second kappa shape index (κ2) is 7.32. The molecule has 20 heavy (non-hydrogen) atoms. The minimum absolute atomic E-state index is 0.0200. The fourth-order valence-electron chi connectivity index (χ4n) is 1.68. The topological polar surface area (TPSA) is 94.8 Å².